The Balaban J connectivity index is 2.06. The number of nitrogens with one attached hydrogen (secondary N) is 2. The lowest BCUT2D eigenvalue weighted by molar-refractivity contribution is 0.302. The fraction of sp³-hybridized carbons (Fsp3) is 0.500. The minimum atomic E-state index is 0.0260. The zero-order valence-electron chi connectivity index (χ0n) is 10.8. The van der Waals surface area contributed by atoms with Crippen molar-refractivity contribution in [1.82, 2.24) is 15.3 Å². The minimum absolute atomic E-state index is 0.0260. The molecule has 2 heterocycles. The van der Waals surface area contributed by atoms with Crippen molar-refractivity contribution in [3.05, 3.63) is 29.6 Å². The molecule has 0 unspecified atom stereocenters. The molecule has 18 heavy (non-hydrogen) atoms. The number of aryl methyl sites for hydroxylation is 1. The van der Waals surface area contributed by atoms with Gasteiger partial charge in [0.25, 0.3) is 0 Å². The minimum Gasteiger partial charge on any atom is -0.341 e. The second-order valence-corrected chi connectivity index (χ2v) is 5.34. The van der Waals surface area contributed by atoms with Gasteiger partial charge in [-0.05, 0) is 50.6 Å². The van der Waals surface area contributed by atoms with Crippen molar-refractivity contribution in [1.29, 1.82) is 0 Å². The highest BCUT2D eigenvalue weighted by Gasteiger charge is 2.35. The normalized spacial score (nSPS) is 19.2. The molecule has 4 heteroatoms. The average molecular weight is 244 g/mol. The zero-order chi connectivity index (χ0) is 12.6. The largest absolute Gasteiger partial charge is 0.341 e. The molecule has 0 bridgehead atoms. The van der Waals surface area contributed by atoms with Crippen molar-refractivity contribution in [2.45, 2.75) is 25.2 Å². The number of aromatic nitrogens is 2. The lowest BCUT2D eigenvalue weighted by Gasteiger charge is -2.34. The van der Waals surface area contributed by atoms with Crippen molar-refractivity contribution in [2.24, 2.45) is 5.73 Å². The average Bonchev–Trinajstić information content (AvgIpc) is 2.83. The van der Waals surface area contributed by atoms with Crippen LogP contribution in [0.5, 0.6) is 0 Å². The number of rotatable bonds is 2. The fourth-order valence-corrected chi connectivity index (χ4v) is 2.82. The number of hydrogen-bond donors (Lipinski definition) is 3. The van der Waals surface area contributed by atoms with Crippen LogP contribution in [0.2, 0.25) is 0 Å². The molecule has 0 saturated carbocycles. The number of benzene rings is 1. The van der Waals surface area contributed by atoms with Crippen molar-refractivity contribution in [2.75, 3.05) is 19.6 Å². The van der Waals surface area contributed by atoms with Gasteiger partial charge in [-0.15, -0.1) is 0 Å². The first-order valence-corrected chi connectivity index (χ1v) is 6.61. The molecule has 3 rings (SSSR count). The number of fused-ring (bicyclic) bond motifs is 1. The third-order valence-electron chi connectivity index (χ3n) is 4.09. The van der Waals surface area contributed by atoms with Crippen LogP contribution in [0.25, 0.3) is 11.0 Å². The fourth-order valence-electron chi connectivity index (χ4n) is 2.82. The van der Waals surface area contributed by atoms with Gasteiger partial charge in [0.05, 0.1) is 11.0 Å². The van der Waals surface area contributed by atoms with Crippen LogP contribution in [-0.4, -0.2) is 29.6 Å². The number of imidazole rings is 1. The monoisotopic (exact) mass is 244 g/mol. The predicted octanol–water partition coefficient (Wildman–Crippen LogP) is 1.45. The summed E-state index contributed by atoms with van der Waals surface area (Å²) < 4.78 is 0. The first kappa shape index (κ1) is 11.7. The van der Waals surface area contributed by atoms with E-state index in [1.807, 2.05) is 0 Å². The quantitative estimate of drug-likeness (QED) is 0.749. The summed E-state index contributed by atoms with van der Waals surface area (Å²) in [6.07, 6.45) is 2.12. The molecule has 0 aliphatic carbocycles. The van der Waals surface area contributed by atoms with Crippen LogP contribution in [0.4, 0.5) is 0 Å². The van der Waals surface area contributed by atoms with Gasteiger partial charge in [0, 0.05) is 12.0 Å². The van der Waals surface area contributed by atoms with Crippen LogP contribution >= 0.6 is 0 Å². The number of H-pyrrole nitrogens is 1. The highest BCUT2D eigenvalue weighted by Crippen LogP contribution is 2.31. The highest BCUT2D eigenvalue weighted by molar-refractivity contribution is 5.76. The number of aromatic amines is 1. The van der Waals surface area contributed by atoms with E-state index in [1.165, 1.54) is 5.56 Å². The molecule has 0 atom stereocenters. The zero-order valence-corrected chi connectivity index (χ0v) is 10.8. The van der Waals surface area contributed by atoms with Gasteiger partial charge in [0.1, 0.15) is 5.82 Å². The molecule has 0 spiro atoms. The van der Waals surface area contributed by atoms with E-state index in [9.17, 15) is 0 Å². The molecule has 1 aromatic heterocycles. The second kappa shape index (κ2) is 4.37. The molecule has 96 valence electrons. The maximum Gasteiger partial charge on any atom is 0.114 e. The lowest BCUT2D eigenvalue weighted by atomic mass is 9.78. The lowest BCUT2D eigenvalue weighted by Crippen LogP contribution is -2.45. The number of hydrogen-bond acceptors (Lipinski definition) is 3. The Morgan fingerprint density at radius 2 is 2.11 bits per heavy atom. The van der Waals surface area contributed by atoms with Crippen LogP contribution in [0, 0.1) is 6.92 Å². The Morgan fingerprint density at radius 3 is 2.83 bits per heavy atom. The Morgan fingerprint density at radius 1 is 1.33 bits per heavy atom. The van der Waals surface area contributed by atoms with E-state index >= 15 is 0 Å². The number of nitrogens with two attached hydrogens (primary N) is 1. The first-order chi connectivity index (χ1) is 8.73. The molecule has 2 aromatic rings. The summed E-state index contributed by atoms with van der Waals surface area (Å²) in [4.78, 5) is 8.24. The van der Waals surface area contributed by atoms with E-state index in [0.717, 1.165) is 42.8 Å². The second-order valence-electron chi connectivity index (χ2n) is 5.34. The Labute approximate surface area is 107 Å². The molecule has 1 aromatic carbocycles. The van der Waals surface area contributed by atoms with Crippen LogP contribution in [0.3, 0.4) is 0 Å². The smallest absolute Gasteiger partial charge is 0.114 e. The van der Waals surface area contributed by atoms with E-state index in [1.54, 1.807) is 0 Å². The summed E-state index contributed by atoms with van der Waals surface area (Å²) in [7, 11) is 0. The molecular weight excluding hydrogens is 224 g/mol. The summed E-state index contributed by atoms with van der Waals surface area (Å²) in [5.74, 6) is 1.06. The van der Waals surface area contributed by atoms with Crippen LogP contribution in [-0.2, 0) is 5.41 Å². The van der Waals surface area contributed by atoms with E-state index < -0.39 is 0 Å². The summed E-state index contributed by atoms with van der Waals surface area (Å²) in [5, 5.41) is 3.39. The van der Waals surface area contributed by atoms with Gasteiger partial charge >= 0.3 is 0 Å². The topological polar surface area (TPSA) is 66.7 Å². The predicted molar refractivity (Wildman–Crippen MR) is 73.7 cm³/mol. The van der Waals surface area contributed by atoms with Crippen molar-refractivity contribution in [3.63, 3.8) is 0 Å². The van der Waals surface area contributed by atoms with Gasteiger partial charge in [-0.3, -0.25) is 0 Å². The summed E-state index contributed by atoms with van der Waals surface area (Å²) in [6, 6.07) is 6.33. The highest BCUT2D eigenvalue weighted by atomic mass is 15.0. The van der Waals surface area contributed by atoms with Crippen molar-refractivity contribution in [3.8, 4) is 0 Å². The van der Waals surface area contributed by atoms with Gasteiger partial charge in [0.15, 0.2) is 0 Å². The van der Waals surface area contributed by atoms with Crippen molar-refractivity contribution >= 4 is 11.0 Å². The SMILES string of the molecule is Cc1ccc2nc(C3(CN)CCNCC3)[nH]c2c1. The summed E-state index contributed by atoms with van der Waals surface area (Å²) in [5.41, 5.74) is 9.48. The van der Waals surface area contributed by atoms with Crippen LogP contribution < -0.4 is 11.1 Å². The van der Waals surface area contributed by atoms with Gasteiger partial charge in [-0.1, -0.05) is 6.07 Å². The maximum atomic E-state index is 6.03. The van der Waals surface area contributed by atoms with Crippen LogP contribution in [0.1, 0.15) is 24.2 Å². The molecule has 1 aliphatic heterocycles. The van der Waals surface area contributed by atoms with Gasteiger partial charge in [-0.2, -0.15) is 0 Å². The van der Waals surface area contributed by atoms with E-state index in [4.69, 9.17) is 10.7 Å². The molecule has 1 fully saturated rings. The Hall–Kier alpha value is -1.39. The van der Waals surface area contributed by atoms with Gasteiger partial charge < -0.3 is 16.0 Å². The van der Waals surface area contributed by atoms with E-state index in [-0.39, 0.29) is 5.41 Å². The number of nitrogens with zero attached hydrogens (tertiary/aromatic N) is 1. The Kier molecular flexibility index (Phi) is 2.84. The Bertz CT molecular complexity index is 552. The molecule has 0 amide bonds. The summed E-state index contributed by atoms with van der Waals surface area (Å²) >= 11 is 0. The third kappa shape index (κ3) is 1.82. The maximum absolute atomic E-state index is 6.03. The number of piperidine rings is 1. The molecule has 1 saturated heterocycles. The molecule has 4 nitrogen and oxygen atoms in total. The molecule has 0 radical (unpaired) electrons. The van der Waals surface area contributed by atoms with E-state index in [0.29, 0.717) is 6.54 Å². The van der Waals surface area contributed by atoms with Crippen molar-refractivity contribution < 1.29 is 0 Å². The first-order valence-electron chi connectivity index (χ1n) is 6.61. The molecular formula is C14H20N4. The van der Waals surface area contributed by atoms with E-state index in [2.05, 4.69) is 35.4 Å². The van der Waals surface area contributed by atoms with Crippen LogP contribution in [0.15, 0.2) is 18.2 Å². The molecule has 1 aliphatic rings. The van der Waals surface area contributed by atoms with Gasteiger partial charge in [-0.25, -0.2) is 4.98 Å². The standard InChI is InChI=1S/C14H20N4/c1-10-2-3-11-12(8-10)18-13(17-11)14(9-15)4-6-16-7-5-14/h2-3,8,16H,4-7,9,15H2,1H3,(H,17,18). The van der Waals surface area contributed by atoms with Gasteiger partial charge in [0.2, 0.25) is 0 Å². The molecule has 4 N–H and O–H groups in total. The summed E-state index contributed by atoms with van der Waals surface area (Å²) in [6.45, 7) is 4.80. The third-order valence-corrected chi connectivity index (χ3v) is 4.09.